The molecule has 41 atom stereocenters. The average Bonchev–Trinajstić information content (AvgIpc) is 0.760. The van der Waals surface area contributed by atoms with Crippen LogP contribution >= 0.6 is 0 Å². The molecule has 24 N–H and O–H groups in total. The number of aliphatic hydroxyl groups excluding tert-OH is 23. The van der Waals surface area contributed by atoms with Crippen molar-refractivity contribution in [2.45, 2.75) is 400 Å². The first-order valence-electron chi connectivity index (χ1n) is 49.2. The smallest absolute Gasteiger partial charge is 0.229 e. The minimum atomic E-state index is -1.80. The van der Waals surface area contributed by atoms with Crippen molar-refractivity contribution in [3.8, 4) is 34.5 Å². The largest absolute Gasteiger partial charge is 0.507 e. The van der Waals surface area contributed by atoms with Crippen molar-refractivity contribution in [2.24, 2.45) is 23.7 Å². The highest BCUT2D eigenvalue weighted by atomic mass is 16.8. The molecule has 7 saturated heterocycles. The van der Waals surface area contributed by atoms with Gasteiger partial charge in [0.05, 0.1) is 51.3 Å². The summed E-state index contributed by atoms with van der Waals surface area (Å²) in [7, 11) is 0. The number of aliphatic hydroxyl groups is 23. The molecule has 0 unspecified atom stereocenters. The fraction of sp³-hybridized carbons (Fsp3) is 0.706. The zero-order valence-electron chi connectivity index (χ0n) is 81.9. The molecule has 3 aromatic rings. The Morgan fingerprint density at radius 2 is 0.550 bits per heavy atom. The molecule has 790 valence electrons. The van der Waals surface area contributed by atoms with Gasteiger partial charge in [-0.1, -0.05) is 132 Å². The molecule has 3 aliphatic carbocycles. The highest BCUT2D eigenvalue weighted by Gasteiger charge is 2.56. The van der Waals surface area contributed by atoms with Crippen LogP contribution in [0.15, 0.2) is 108 Å². The Hall–Kier alpha value is -6.38. The van der Waals surface area contributed by atoms with Crippen molar-refractivity contribution < 1.29 is 189 Å². The van der Waals surface area contributed by atoms with Crippen molar-refractivity contribution in [1.82, 2.24) is 0 Å². The van der Waals surface area contributed by atoms with Crippen LogP contribution in [0.4, 0.5) is 0 Å². The maximum absolute atomic E-state index is 11.7. The summed E-state index contributed by atoms with van der Waals surface area (Å²) < 4.78 is 84.1. The first-order chi connectivity index (χ1) is 66.5. The number of phenolic OH excluding ortho intramolecular Hbond substituents is 1. The Balaban J connectivity index is 0.000000203. The number of rotatable bonds is 33. The van der Waals surface area contributed by atoms with E-state index < -0.39 is 254 Å². The van der Waals surface area contributed by atoms with E-state index in [0.29, 0.717) is 54.5 Å². The third kappa shape index (κ3) is 25.7. The lowest BCUT2D eigenvalue weighted by Gasteiger charge is -2.46. The maximum Gasteiger partial charge on any atom is 0.229 e. The maximum atomic E-state index is 11.7. The molecule has 0 bridgehead atoms. The van der Waals surface area contributed by atoms with Crippen LogP contribution in [0.1, 0.15) is 205 Å². The van der Waals surface area contributed by atoms with Crippen molar-refractivity contribution in [3.63, 3.8) is 0 Å². The minimum Gasteiger partial charge on any atom is -0.507 e. The molecule has 3 aromatic carbocycles. The second-order valence-corrected chi connectivity index (χ2v) is 39.4. The van der Waals surface area contributed by atoms with E-state index in [2.05, 4.69) is 38.0 Å². The molecule has 0 spiro atoms. The zero-order valence-corrected chi connectivity index (χ0v) is 81.9. The van der Waals surface area contributed by atoms with Crippen LogP contribution in [0.5, 0.6) is 34.5 Å². The summed E-state index contributed by atoms with van der Waals surface area (Å²) in [6, 6.07) is 10.7. The SMILES string of the molecule is C=C(C)[C@@H]1CCC(C)=C[C@H]1c1c(O)cc(CCC)cc1O[C@@H]1O[C@H](CO)[C@@H](O)[C@H](O[C@@H]2O[C@H](CO)[C@@H](O)[C@H](C)[C@H]2O)[C@H]1O.C=C(C)[C@@H]1CCC(C)=C[C@H]1c1c(O[C@@H]2O[C@H](CC)[C@@H](O)[C@H](O)[C@H]2O)cc(CCC)cc1O[C@@H]1O[C@H](CO)[C@@H](O)[C@H](O)[C@H]1O.C=C(C)[C@@H]1CCC(C)=C[C@H]1c1c(O[C@@H]2O[C@H](CO)[C@@H](O)[C@H](O)[C@H]2O)cc(CCC)cc1O[C@@H]1O[C@H](CC)[C@@H](O)[C@H](O[C@@H]2O[C@H](CO)[C@@H](O)[C@H](O)[C@H]2O)[C@H]1O. The Kier molecular flexibility index (Phi) is 41.4. The van der Waals surface area contributed by atoms with Crippen LogP contribution in [0.2, 0.25) is 0 Å². The van der Waals surface area contributed by atoms with E-state index in [9.17, 15) is 123 Å². The molecular weight excluding hydrogens is 1830 g/mol. The molecule has 0 aromatic heterocycles. The Morgan fingerprint density at radius 1 is 0.307 bits per heavy atom. The van der Waals surface area contributed by atoms with Crippen LogP contribution < -0.4 is 23.7 Å². The topological polar surface area (TPSA) is 615 Å². The molecule has 0 saturated carbocycles. The number of ether oxygens (including phenoxy) is 14. The third-order valence-corrected chi connectivity index (χ3v) is 28.8. The van der Waals surface area contributed by atoms with E-state index in [4.69, 9.17) is 66.3 Å². The zero-order chi connectivity index (χ0) is 103. The van der Waals surface area contributed by atoms with Gasteiger partial charge in [-0.3, -0.25) is 0 Å². The summed E-state index contributed by atoms with van der Waals surface area (Å²) in [5.41, 5.74) is 10.1. The molecule has 7 fully saturated rings. The lowest BCUT2D eigenvalue weighted by molar-refractivity contribution is -0.351. The lowest BCUT2D eigenvalue weighted by atomic mass is 9.73. The van der Waals surface area contributed by atoms with Gasteiger partial charge in [-0.25, -0.2) is 0 Å². The van der Waals surface area contributed by atoms with Gasteiger partial charge in [0.2, 0.25) is 31.5 Å². The monoisotopic (exact) mass is 1990 g/mol. The van der Waals surface area contributed by atoms with Gasteiger partial charge in [0.15, 0.2) is 12.6 Å². The number of hydrogen-bond acceptors (Lipinski definition) is 38. The molecule has 38 nitrogen and oxygen atoms in total. The van der Waals surface area contributed by atoms with Gasteiger partial charge in [0, 0.05) is 40.4 Å². The van der Waals surface area contributed by atoms with Crippen LogP contribution in [0.3, 0.4) is 0 Å². The predicted molar refractivity (Wildman–Crippen MR) is 502 cm³/mol. The molecule has 7 heterocycles. The number of allylic oxidation sites excluding steroid dienone is 9. The number of aromatic hydroxyl groups is 1. The molecule has 10 aliphatic rings. The molecule has 7 aliphatic heterocycles. The summed E-state index contributed by atoms with van der Waals surface area (Å²) in [6.07, 6.45) is -33.2. The lowest BCUT2D eigenvalue weighted by Crippen LogP contribution is -2.64. The molecule has 13 rings (SSSR count). The van der Waals surface area contributed by atoms with Crippen molar-refractivity contribution >= 4 is 0 Å². The number of aryl methyl sites for hydroxylation is 3. The van der Waals surface area contributed by atoms with Gasteiger partial charge in [0.1, 0.15) is 181 Å². The van der Waals surface area contributed by atoms with Gasteiger partial charge in [-0.05, 0) is 183 Å². The van der Waals surface area contributed by atoms with E-state index in [0.717, 1.165) is 95.9 Å². The van der Waals surface area contributed by atoms with Crippen LogP contribution in [0.25, 0.3) is 0 Å². The minimum absolute atomic E-state index is 0.0202. The molecule has 140 heavy (non-hydrogen) atoms. The van der Waals surface area contributed by atoms with E-state index in [-0.39, 0.29) is 64.8 Å². The standard InChI is InChI=1S/C38H58O16.2C32H48O11/c1-6-8-18-12-22(50-36-32(46)30(44)27(41)24(14-39)52-36)26(20-11-17(5)9-10-19(20)16(3)4)23(13-18)51-38-34(48)35(29(43)21(7-2)49-38)54-37-33(47)31(45)28(42)25(15-40)53-37;1-6-7-18-11-21(35)25(20-10-16(4)8-9-19(20)15(2)3)22(12-18)40-32-29(39)30(28(38)24(14-34)42-32)43-31-27(37)17(5)26(36)23(13-33)41-31;1-6-8-17-12-21(41-31-29(38)27(36)25(34)20(7-2)40-31)24(19-11-16(5)9-10-18(19)15(3)4)22(13-17)42-32-30(39)28(37)26(35)23(14-33)43-32/h11-13,19-21,24-25,27-48H,3,6-10,14-15H2,1-2,4-5H3;10-12,17,19-20,23-24,26-39H,2,6-9,13-14H2,1,3-5H3;11-13,18-20,23,25-39H,3,6-10,14H2,1-2,4-5H3/t19-,20+,21+,24+,25+,27+,28+,29+,30-,31-,32+,33+,34+,35-,36+,37-,38-;17-,19-,20+,23+,24+,26-,27+,28+,29+,30-,31-,32+;18-,19+,20+,23+,25+,26+,27-,28-,29+,30+,31-,32+/m000/s1. The average molecular weight is 1990 g/mol. The first kappa shape index (κ1) is 114. The summed E-state index contributed by atoms with van der Waals surface area (Å²) >= 11 is 0. The van der Waals surface area contributed by atoms with Gasteiger partial charge < -0.3 is 189 Å². The van der Waals surface area contributed by atoms with Crippen LogP contribution in [0, 0.1) is 23.7 Å². The number of phenols is 1. The first-order valence-corrected chi connectivity index (χ1v) is 49.2. The van der Waals surface area contributed by atoms with Gasteiger partial charge in [-0.2, -0.15) is 0 Å². The van der Waals surface area contributed by atoms with E-state index in [1.807, 2.05) is 74.4 Å². The van der Waals surface area contributed by atoms with Gasteiger partial charge in [0.25, 0.3) is 0 Å². The van der Waals surface area contributed by atoms with Gasteiger partial charge >= 0.3 is 0 Å². The fourth-order valence-corrected chi connectivity index (χ4v) is 20.5. The van der Waals surface area contributed by atoms with Crippen molar-refractivity contribution in [1.29, 1.82) is 0 Å². The second kappa shape index (κ2) is 50.8. The summed E-state index contributed by atoms with van der Waals surface area (Å²) in [5, 5.41) is 253. The van der Waals surface area contributed by atoms with E-state index in [1.165, 1.54) is 5.57 Å². The third-order valence-electron chi connectivity index (χ3n) is 28.8. The van der Waals surface area contributed by atoms with Crippen molar-refractivity contribution in [3.05, 3.63) is 141 Å². The van der Waals surface area contributed by atoms with Gasteiger partial charge in [-0.15, -0.1) is 0 Å². The van der Waals surface area contributed by atoms with E-state index >= 15 is 0 Å². The fourth-order valence-electron chi connectivity index (χ4n) is 20.5. The predicted octanol–water partition coefficient (Wildman–Crippen LogP) is 2.32. The van der Waals surface area contributed by atoms with Crippen LogP contribution in [-0.4, -0.2) is 364 Å². The van der Waals surface area contributed by atoms with E-state index in [1.54, 1.807) is 45.0 Å². The normalized spacial score (nSPS) is 39.6. The second-order valence-electron chi connectivity index (χ2n) is 39.4. The Morgan fingerprint density at radius 3 is 0.857 bits per heavy atom. The summed E-state index contributed by atoms with van der Waals surface area (Å²) in [6.45, 7) is 32.5. The van der Waals surface area contributed by atoms with Crippen LogP contribution in [-0.2, 0) is 61.9 Å². The summed E-state index contributed by atoms with van der Waals surface area (Å²) in [4.78, 5) is 0. The highest BCUT2D eigenvalue weighted by molar-refractivity contribution is 5.56. The summed E-state index contributed by atoms with van der Waals surface area (Å²) in [5.74, 6) is -0.484. The Labute approximate surface area is 817 Å². The molecule has 0 amide bonds. The molecule has 0 radical (unpaired) electrons. The molecule has 38 heteroatoms. The highest BCUT2D eigenvalue weighted by Crippen LogP contribution is 2.54. The molecular formula is C102H154O38. The quantitative estimate of drug-likeness (QED) is 0.0389. The number of hydrogen-bond donors (Lipinski definition) is 24. The van der Waals surface area contributed by atoms with Crippen molar-refractivity contribution in [2.75, 3.05) is 33.0 Å². The number of benzene rings is 3. The Bertz CT molecular complexity index is 4540.